The van der Waals surface area contributed by atoms with Gasteiger partial charge in [0, 0.05) is 5.56 Å². The maximum atomic E-state index is 7.14. The summed E-state index contributed by atoms with van der Waals surface area (Å²) in [5.41, 5.74) is 2.54. The summed E-state index contributed by atoms with van der Waals surface area (Å²) in [6.45, 7) is 4.53. The van der Waals surface area contributed by atoms with Crippen LogP contribution in [0, 0.1) is 23.7 Å². The molecule has 7 unspecified atom stereocenters. The van der Waals surface area contributed by atoms with Crippen LogP contribution < -0.4 is 4.74 Å². The molecule has 3 fully saturated rings. The molecule has 2 heteroatoms. The van der Waals surface area contributed by atoms with Crippen LogP contribution in [0.4, 0.5) is 0 Å². The van der Waals surface area contributed by atoms with Gasteiger partial charge in [-0.3, -0.25) is 0 Å². The molecule has 0 N–H and O–H groups in total. The van der Waals surface area contributed by atoms with Crippen molar-refractivity contribution in [2.45, 2.75) is 70.7 Å². The lowest BCUT2D eigenvalue weighted by Crippen LogP contribution is -2.32. The molecule has 0 spiro atoms. The van der Waals surface area contributed by atoms with E-state index in [1.54, 1.807) is 0 Å². The van der Waals surface area contributed by atoms with Gasteiger partial charge in [0.15, 0.2) is 0 Å². The van der Waals surface area contributed by atoms with Gasteiger partial charge in [0.25, 0.3) is 0 Å². The molecular formula is C35H38O2. The van der Waals surface area contributed by atoms with E-state index in [1.807, 2.05) is 0 Å². The van der Waals surface area contributed by atoms with Crippen molar-refractivity contribution in [3.05, 3.63) is 90.0 Å². The van der Waals surface area contributed by atoms with Crippen molar-refractivity contribution >= 4 is 21.5 Å². The fourth-order valence-electron chi connectivity index (χ4n) is 8.01. The van der Waals surface area contributed by atoms with Crippen LogP contribution in [0.2, 0.25) is 0 Å². The van der Waals surface area contributed by atoms with E-state index in [9.17, 15) is 0 Å². The summed E-state index contributed by atoms with van der Waals surface area (Å²) in [4.78, 5) is 0. The van der Waals surface area contributed by atoms with E-state index < -0.39 is 6.29 Å². The minimum absolute atomic E-state index is 0.284. The summed E-state index contributed by atoms with van der Waals surface area (Å²) < 4.78 is 14.0. The number of ether oxygens (including phenoxy) is 2. The Balaban J connectivity index is 1.30. The molecule has 3 saturated carbocycles. The van der Waals surface area contributed by atoms with Gasteiger partial charge in [-0.25, -0.2) is 0 Å². The van der Waals surface area contributed by atoms with Gasteiger partial charge in [0.2, 0.25) is 6.29 Å². The average molecular weight is 491 g/mol. The Morgan fingerprint density at radius 3 is 2.16 bits per heavy atom. The van der Waals surface area contributed by atoms with Crippen molar-refractivity contribution in [3.63, 3.8) is 0 Å². The highest BCUT2D eigenvalue weighted by Crippen LogP contribution is 2.60. The lowest BCUT2D eigenvalue weighted by atomic mass is 9.80. The third-order valence-electron chi connectivity index (χ3n) is 10.0. The molecule has 2 bridgehead atoms. The van der Waals surface area contributed by atoms with Gasteiger partial charge >= 0.3 is 0 Å². The average Bonchev–Trinajstić information content (AvgIpc) is 3.66. The zero-order valence-corrected chi connectivity index (χ0v) is 22.1. The van der Waals surface area contributed by atoms with Gasteiger partial charge in [0.1, 0.15) is 5.75 Å². The number of rotatable bonds is 7. The van der Waals surface area contributed by atoms with E-state index >= 15 is 0 Å². The monoisotopic (exact) mass is 490 g/mol. The first-order valence-corrected chi connectivity index (χ1v) is 14.5. The van der Waals surface area contributed by atoms with E-state index in [0.29, 0.717) is 11.8 Å². The van der Waals surface area contributed by atoms with Crippen molar-refractivity contribution in [2.75, 3.05) is 0 Å². The fraction of sp³-hybridized carbons (Fsp3) is 0.429. The zero-order valence-electron chi connectivity index (χ0n) is 22.1. The fourth-order valence-corrected chi connectivity index (χ4v) is 8.01. The van der Waals surface area contributed by atoms with Crippen LogP contribution in [-0.2, 0) is 4.74 Å². The van der Waals surface area contributed by atoms with E-state index in [1.165, 1.54) is 64.8 Å². The molecule has 4 aromatic rings. The molecular weight excluding hydrogens is 452 g/mol. The highest BCUT2D eigenvalue weighted by atomic mass is 16.7. The second-order valence-electron chi connectivity index (χ2n) is 11.9. The van der Waals surface area contributed by atoms with Crippen LogP contribution in [0.5, 0.6) is 5.75 Å². The first-order valence-electron chi connectivity index (χ1n) is 14.5. The van der Waals surface area contributed by atoms with Crippen LogP contribution in [-0.4, -0.2) is 6.10 Å². The summed E-state index contributed by atoms with van der Waals surface area (Å²) in [6.07, 6.45) is 7.78. The molecule has 0 heterocycles. The van der Waals surface area contributed by atoms with Gasteiger partial charge < -0.3 is 9.47 Å². The Hall–Kier alpha value is -2.84. The molecule has 7 atom stereocenters. The second-order valence-corrected chi connectivity index (χ2v) is 11.9. The summed E-state index contributed by atoms with van der Waals surface area (Å²) in [5, 5.41) is 4.93. The van der Waals surface area contributed by atoms with Crippen LogP contribution in [0.3, 0.4) is 0 Å². The topological polar surface area (TPSA) is 18.5 Å². The molecule has 7 rings (SSSR count). The van der Waals surface area contributed by atoms with Crippen LogP contribution in [0.25, 0.3) is 21.5 Å². The molecule has 4 aromatic carbocycles. The molecule has 0 aromatic heterocycles. The maximum Gasteiger partial charge on any atom is 0.228 e. The summed E-state index contributed by atoms with van der Waals surface area (Å²) in [6, 6.07) is 28.4. The molecule has 3 aliphatic rings. The van der Waals surface area contributed by atoms with E-state index in [4.69, 9.17) is 9.47 Å². The SMILES string of the molecule is CCC(C)c1ccc(OC(OC2CC3CC2C2CCCC32)c2c3ccccc3cc3ccccc23)cc1. The van der Waals surface area contributed by atoms with Crippen molar-refractivity contribution in [1.29, 1.82) is 0 Å². The number of benzene rings is 4. The number of hydrogen-bond donors (Lipinski definition) is 0. The van der Waals surface area contributed by atoms with E-state index in [0.717, 1.165) is 29.9 Å². The smallest absolute Gasteiger partial charge is 0.228 e. The first-order chi connectivity index (χ1) is 18.2. The van der Waals surface area contributed by atoms with Gasteiger partial charge in [-0.05, 0) is 107 Å². The molecule has 3 aliphatic carbocycles. The minimum atomic E-state index is -0.436. The summed E-state index contributed by atoms with van der Waals surface area (Å²) in [5.74, 6) is 4.80. The minimum Gasteiger partial charge on any atom is -0.461 e. The van der Waals surface area contributed by atoms with Crippen molar-refractivity contribution in [1.82, 2.24) is 0 Å². The Bertz CT molecular complexity index is 1350. The van der Waals surface area contributed by atoms with Crippen LogP contribution >= 0.6 is 0 Å². The first kappa shape index (κ1) is 23.3. The molecule has 2 nitrogen and oxygen atoms in total. The quantitative estimate of drug-likeness (QED) is 0.190. The number of hydrogen-bond acceptors (Lipinski definition) is 2. The Morgan fingerprint density at radius 1 is 0.784 bits per heavy atom. The summed E-state index contributed by atoms with van der Waals surface area (Å²) in [7, 11) is 0. The second kappa shape index (κ2) is 9.48. The molecule has 0 aliphatic heterocycles. The largest absolute Gasteiger partial charge is 0.461 e. The molecule has 37 heavy (non-hydrogen) atoms. The van der Waals surface area contributed by atoms with Gasteiger partial charge in [0.05, 0.1) is 6.10 Å². The van der Waals surface area contributed by atoms with E-state index in [-0.39, 0.29) is 6.10 Å². The van der Waals surface area contributed by atoms with Crippen molar-refractivity contribution in [3.8, 4) is 5.75 Å². The lowest BCUT2D eigenvalue weighted by molar-refractivity contribution is -0.145. The van der Waals surface area contributed by atoms with Crippen molar-refractivity contribution in [2.24, 2.45) is 23.7 Å². The standard InChI is InChI=1S/C35H38O2/c1-3-22(2)23-15-17-27(18-16-23)36-35(37-33-21-26-20-32(33)31-14-8-13-28(26)31)34-29-11-6-4-9-24(29)19-25-10-5-7-12-30(25)34/h4-7,9-12,15-19,22,26,28,31-33,35H,3,8,13-14,20-21H2,1-2H3. The summed E-state index contributed by atoms with van der Waals surface area (Å²) >= 11 is 0. The van der Waals surface area contributed by atoms with Crippen LogP contribution in [0.1, 0.15) is 75.7 Å². The third-order valence-corrected chi connectivity index (χ3v) is 10.0. The molecule has 190 valence electrons. The number of fused-ring (bicyclic) bond motifs is 7. The van der Waals surface area contributed by atoms with E-state index in [2.05, 4.69) is 92.7 Å². The highest BCUT2D eigenvalue weighted by Gasteiger charge is 2.54. The van der Waals surface area contributed by atoms with Gasteiger partial charge in [-0.1, -0.05) is 80.9 Å². The molecule has 0 saturated heterocycles. The Kier molecular flexibility index (Phi) is 5.96. The molecule has 0 amide bonds. The Labute approximate surface area is 221 Å². The third kappa shape index (κ3) is 4.05. The predicted octanol–water partition coefficient (Wildman–Crippen LogP) is 9.43. The zero-order chi connectivity index (χ0) is 24.9. The van der Waals surface area contributed by atoms with Gasteiger partial charge in [-0.15, -0.1) is 0 Å². The van der Waals surface area contributed by atoms with Gasteiger partial charge in [-0.2, -0.15) is 0 Å². The predicted molar refractivity (Wildman–Crippen MR) is 152 cm³/mol. The molecule has 0 radical (unpaired) electrons. The highest BCUT2D eigenvalue weighted by molar-refractivity contribution is 6.02. The lowest BCUT2D eigenvalue weighted by Gasteiger charge is -2.34. The normalized spacial score (nSPS) is 28.0. The Morgan fingerprint density at radius 2 is 1.46 bits per heavy atom. The maximum absolute atomic E-state index is 7.14. The van der Waals surface area contributed by atoms with Crippen LogP contribution in [0.15, 0.2) is 78.9 Å². The van der Waals surface area contributed by atoms with Crippen molar-refractivity contribution < 1.29 is 9.47 Å².